The van der Waals surface area contributed by atoms with E-state index in [2.05, 4.69) is 0 Å². The van der Waals surface area contributed by atoms with Crippen LogP contribution in [0.3, 0.4) is 0 Å². The summed E-state index contributed by atoms with van der Waals surface area (Å²) < 4.78 is 10.6. The highest BCUT2D eigenvalue weighted by molar-refractivity contribution is 5.27. The summed E-state index contributed by atoms with van der Waals surface area (Å²) in [5.41, 5.74) is 1.11. The number of aliphatic hydroxyl groups excluding tert-OH is 1. The number of ether oxygens (including phenoxy) is 2. The molecule has 0 saturated heterocycles. The van der Waals surface area contributed by atoms with Crippen molar-refractivity contribution in [2.75, 3.05) is 13.7 Å². The summed E-state index contributed by atoms with van der Waals surface area (Å²) in [7, 11) is 1.66. The minimum atomic E-state index is -0.306. The lowest BCUT2D eigenvalue weighted by atomic mass is 10.1. The van der Waals surface area contributed by atoms with E-state index in [4.69, 9.17) is 9.47 Å². The van der Waals surface area contributed by atoms with E-state index < -0.39 is 0 Å². The maximum atomic E-state index is 9.24. The van der Waals surface area contributed by atoms with Gasteiger partial charge in [-0.3, -0.25) is 0 Å². The third kappa shape index (κ3) is 4.64. The first kappa shape index (κ1) is 13.0. The van der Waals surface area contributed by atoms with Crippen molar-refractivity contribution in [3.05, 3.63) is 29.8 Å². The first-order valence-corrected chi connectivity index (χ1v) is 5.54. The van der Waals surface area contributed by atoms with Crippen molar-refractivity contribution in [1.29, 1.82) is 0 Å². The van der Waals surface area contributed by atoms with E-state index in [0.29, 0.717) is 13.0 Å². The van der Waals surface area contributed by atoms with Crippen LogP contribution in [0.4, 0.5) is 0 Å². The van der Waals surface area contributed by atoms with Crippen LogP contribution < -0.4 is 4.74 Å². The fraction of sp³-hybridized carbons (Fsp3) is 0.538. The fourth-order valence-corrected chi connectivity index (χ4v) is 1.55. The Balaban J connectivity index is 2.50. The lowest BCUT2D eigenvalue weighted by molar-refractivity contribution is 0.0920. The SMILES string of the molecule is COCC(C)Oc1ccc(CC(C)O)cc1. The van der Waals surface area contributed by atoms with Crippen LogP contribution in [0.25, 0.3) is 0 Å². The van der Waals surface area contributed by atoms with Crippen LogP contribution in [0, 0.1) is 0 Å². The van der Waals surface area contributed by atoms with Gasteiger partial charge in [-0.05, 0) is 38.0 Å². The Hall–Kier alpha value is -1.06. The second-order valence-corrected chi connectivity index (χ2v) is 4.08. The van der Waals surface area contributed by atoms with Gasteiger partial charge in [0.25, 0.3) is 0 Å². The van der Waals surface area contributed by atoms with E-state index >= 15 is 0 Å². The van der Waals surface area contributed by atoms with Crippen LogP contribution in [0.15, 0.2) is 24.3 Å². The zero-order valence-corrected chi connectivity index (χ0v) is 10.1. The van der Waals surface area contributed by atoms with Gasteiger partial charge in [-0.1, -0.05) is 12.1 Å². The maximum absolute atomic E-state index is 9.24. The van der Waals surface area contributed by atoms with E-state index in [1.54, 1.807) is 14.0 Å². The van der Waals surface area contributed by atoms with E-state index in [9.17, 15) is 5.11 Å². The lowest BCUT2D eigenvalue weighted by Gasteiger charge is -2.14. The molecule has 0 aliphatic carbocycles. The molecule has 3 heteroatoms. The first-order chi connectivity index (χ1) is 7.61. The van der Waals surface area contributed by atoms with Crippen LogP contribution in [0.1, 0.15) is 19.4 Å². The summed E-state index contributed by atoms with van der Waals surface area (Å²) in [6, 6.07) is 7.79. The third-order valence-corrected chi connectivity index (χ3v) is 2.19. The summed E-state index contributed by atoms with van der Waals surface area (Å²) in [6.07, 6.45) is 0.417. The molecule has 0 fully saturated rings. The largest absolute Gasteiger partial charge is 0.488 e. The van der Waals surface area contributed by atoms with Crippen molar-refractivity contribution in [2.24, 2.45) is 0 Å². The lowest BCUT2D eigenvalue weighted by Crippen LogP contribution is -2.17. The van der Waals surface area contributed by atoms with Crippen LogP contribution in [0.5, 0.6) is 5.75 Å². The predicted molar refractivity (Wildman–Crippen MR) is 63.8 cm³/mol. The van der Waals surface area contributed by atoms with Gasteiger partial charge >= 0.3 is 0 Å². The van der Waals surface area contributed by atoms with Gasteiger partial charge in [-0.25, -0.2) is 0 Å². The van der Waals surface area contributed by atoms with E-state index in [1.165, 1.54) is 0 Å². The van der Waals surface area contributed by atoms with Crippen molar-refractivity contribution >= 4 is 0 Å². The minimum Gasteiger partial charge on any atom is -0.488 e. The van der Waals surface area contributed by atoms with E-state index in [-0.39, 0.29) is 12.2 Å². The van der Waals surface area contributed by atoms with Crippen LogP contribution in [0.2, 0.25) is 0 Å². The number of rotatable bonds is 6. The summed E-state index contributed by atoms with van der Waals surface area (Å²) in [5, 5.41) is 9.24. The highest BCUT2D eigenvalue weighted by Gasteiger charge is 2.04. The van der Waals surface area contributed by atoms with E-state index in [1.807, 2.05) is 31.2 Å². The molecule has 0 saturated carbocycles. The molecule has 1 N–H and O–H groups in total. The van der Waals surface area contributed by atoms with Crippen molar-refractivity contribution < 1.29 is 14.6 Å². The molecule has 0 aromatic heterocycles. The van der Waals surface area contributed by atoms with Gasteiger partial charge in [-0.2, -0.15) is 0 Å². The first-order valence-electron chi connectivity index (χ1n) is 5.54. The third-order valence-electron chi connectivity index (χ3n) is 2.19. The topological polar surface area (TPSA) is 38.7 Å². The number of methoxy groups -OCH3 is 1. The Morgan fingerprint density at radius 2 is 1.81 bits per heavy atom. The summed E-state index contributed by atoms with van der Waals surface area (Å²) in [6.45, 7) is 4.33. The molecule has 2 atom stereocenters. The van der Waals surface area contributed by atoms with Gasteiger partial charge in [0, 0.05) is 7.11 Å². The Kier molecular flexibility index (Phi) is 5.29. The van der Waals surface area contributed by atoms with Crippen molar-refractivity contribution in [3.8, 4) is 5.75 Å². The number of benzene rings is 1. The Morgan fingerprint density at radius 1 is 1.19 bits per heavy atom. The second kappa shape index (κ2) is 6.51. The molecule has 16 heavy (non-hydrogen) atoms. The quantitative estimate of drug-likeness (QED) is 0.803. The number of hydrogen-bond acceptors (Lipinski definition) is 3. The van der Waals surface area contributed by atoms with Gasteiger partial charge in [0.05, 0.1) is 12.7 Å². The van der Waals surface area contributed by atoms with Crippen molar-refractivity contribution in [1.82, 2.24) is 0 Å². The van der Waals surface area contributed by atoms with Gasteiger partial charge < -0.3 is 14.6 Å². The Labute approximate surface area is 97.0 Å². The van der Waals surface area contributed by atoms with Crippen LogP contribution in [-0.4, -0.2) is 31.0 Å². The molecule has 0 aliphatic heterocycles. The molecule has 2 unspecified atom stereocenters. The molecule has 1 aromatic rings. The van der Waals surface area contributed by atoms with Gasteiger partial charge in [0.2, 0.25) is 0 Å². The molecule has 0 aliphatic rings. The van der Waals surface area contributed by atoms with Gasteiger partial charge in [0.15, 0.2) is 0 Å². The van der Waals surface area contributed by atoms with E-state index in [0.717, 1.165) is 11.3 Å². The summed E-state index contributed by atoms with van der Waals surface area (Å²) >= 11 is 0. The maximum Gasteiger partial charge on any atom is 0.119 e. The predicted octanol–water partition coefficient (Wildman–Crippen LogP) is 2.02. The zero-order valence-electron chi connectivity index (χ0n) is 10.1. The average molecular weight is 224 g/mol. The molecule has 0 spiro atoms. The van der Waals surface area contributed by atoms with Gasteiger partial charge in [-0.15, -0.1) is 0 Å². The van der Waals surface area contributed by atoms with Crippen molar-refractivity contribution in [2.45, 2.75) is 32.5 Å². The standard InChI is InChI=1S/C13H20O3/c1-10(14)8-12-4-6-13(7-5-12)16-11(2)9-15-3/h4-7,10-11,14H,8-9H2,1-3H3. The number of aliphatic hydroxyl groups is 1. The van der Waals surface area contributed by atoms with Crippen molar-refractivity contribution in [3.63, 3.8) is 0 Å². The summed E-state index contributed by atoms with van der Waals surface area (Å²) in [5.74, 6) is 0.832. The van der Waals surface area contributed by atoms with Crippen LogP contribution in [-0.2, 0) is 11.2 Å². The Morgan fingerprint density at radius 3 is 2.31 bits per heavy atom. The molecule has 0 heterocycles. The Bertz CT molecular complexity index is 293. The molecule has 0 bridgehead atoms. The van der Waals surface area contributed by atoms with Gasteiger partial charge in [0.1, 0.15) is 11.9 Å². The highest BCUT2D eigenvalue weighted by Crippen LogP contribution is 2.15. The molecule has 0 radical (unpaired) electrons. The molecule has 1 aromatic carbocycles. The number of hydrogen-bond donors (Lipinski definition) is 1. The highest BCUT2D eigenvalue weighted by atomic mass is 16.5. The average Bonchev–Trinajstić information content (AvgIpc) is 2.20. The molecule has 3 nitrogen and oxygen atoms in total. The zero-order chi connectivity index (χ0) is 12.0. The summed E-state index contributed by atoms with van der Waals surface area (Å²) in [4.78, 5) is 0. The normalized spacial score (nSPS) is 14.5. The molecule has 1 rings (SSSR count). The molecule has 90 valence electrons. The second-order valence-electron chi connectivity index (χ2n) is 4.08. The van der Waals surface area contributed by atoms with Crippen LogP contribution >= 0.6 is 0 Å². The fourth-order valence-electron chi connectivity index (χ4n) is 1.55. The molecular weight excluding hydrogens is 204 g/mol. The molecule has 0 amide bonds. The molecular formula is C13H20O3. The monoisotopic (exact) mass is 224 g/mol. The smallest absolute Gasteiger partial charge is 0.119 e. The minimum absolute atomic E-state index is 0.0487.